The van der Waals surface area contributed by atoms with Crippen LogP contribution in [-0.4, -0.2) is 15.5 Å². The van der Waals surface area contributed by atoms with Gasteiger partial charge in [0.05, 0.1) is 28.6 Å². The number of nitrogen functional groups attached to an aromatic ring is 1. The lowest BCUT2D eigenvalue weighted by Crippen LogP contribution is -2.44. The largest absolute Gasteiger partial charge is 0.397 e. The Morgan fingerprint density at radius 1 is 1.47 bits per heavy atom. The van der Waals surface area contributed by atoms with Gasteiger partial charge < -0.3 is 16.0 Å². The number of nitrogens with one attached hydrogen (secondary N) is 2. The fourth-order valence-corrected chi connectivity index (χ4v) is 2.70. The van der Waals surface area contributed by atoms with Gasteiger partial charge in [0.15, 0.2) is 0 Å². The molecule has 1 aliphatic carbocycles. The summed E-state index contributed by atoms with van der Waals surface area (Å²) in [7, 11) is 0. The second kappa shape index (κ2) is 4.26. The third-order valence-electron chi connectivity index (χ3n) is 4.20. The molecular formula is C14H18N4O. The molecule has 1 aromatic carbocycles. The Balaban J connectivity index is 2.05. The molecule has 0 radical (unpaired) electrons. The van der Waals surface area contributed by atoms with Crippen molar-refractivity contribution in [3.8, 4) is 0 Å². The highest BCUT2D eigenvalue weighted by Crippen LogP contribution is 2.39. The molecule has 0 saturated heterocycles. The Bertz CT molecular complexity index is 667. The van der Waals surface area contributed by atoms with Crippen LogP contribution in [0, 0.1) is 0 Å². The normalized spacial score (nSPS) is 17.1. The van der Waals surface area contributed by atoms with Crippen LogP contribution in [0.5, 0.6) is 0 Å². The van der Waals surface area contributed by atoms with E-state index in [4.69, 9.17) is 5.73 Å². The van der Waals surface area contributed by atoms with Crippen molar-refractivity contribution in [2.45, 2.75) is 38.1 Å². The fraction of sp³-hybridized carbons (Fsp3) is 0.429. The first-order valence-corrected chi connectivity index (χ1v) is 6.69. The molecule has 1 aromatic heterocycles. The minimum atomic E-state index is -0.155. The van der Waals surface area contributed by atoms with Crippen LogP contribution in [0.1, 0.15) is 32.6 Å². The van der Waals surface area contributed by atoms with Crippen LogP contribution in [0.3, 0.4) is 0 Å². The molecule has 0 atom stereocenters. The number of nitrogens with two attached hydrogens (primary N) is 1. The van der Waals surface area contributed by atoms with E-state index in [0.29, 0.717) is 16.6 Å². The molecule has 0 spiro atoms. The van der Waals surface area contributed by atoms with Crippen LogP contribution < -0.4 is 16.6 Å². The third kappa shape index (κ3) is 1.95. The van der Waals surface area contributed by atoms with E-state index in [1.165, 1.54) is 25.6 Å². The van der Waals surface area contributed by atoms with Crippen molar-refractivity contribution in [1.29, 1.82) is 0 Å². The second-order valence-electron chi connectivity index (χ2n) is 5.30. The molecule has 1 aliphatic rings. The predicted octanol–water partition coefficient (Wildman–Crippen LogP) is 2.25. The summed E-state index contributed by atoms with van der Waals surface area (Å²) in [6.07, 6.45) is 6.09. The quantitative estimate of drug-likeness (QED) is 0.737. The lowest BCUT2D eigenvalue weighted by molar-refractivity contribution is 0.270. The number of hydrogen-bond donors (Lipinski definition) is 3. The van der Waals surface area contributed by atoms with Gasteiger partial charge in [-0.3, -0.25) is 4.79 Å². The number of fused-ring (bicyclic) bond motifs is 1. The van der Waals surface area contributed by atoms with Crippen LogP contribution in [0.2, 0.25) is 0 Å². The fourth-order valence-electron chi connectivity index (χ4n) is 2.70. The minimum Gasteiger partial charge on any atom is -0.397 e. The van der Waals surface area contributed by atoms with Crippen molar-refractivity contribution >= 4 is 22.3 Å². The molecular weight excluding hydrogens is 240 g/mol. The summed E-state index contributed by atoms with van der Waals surface area (Å²) in [6.45, 7) is 2.19. The van der Waals surface area contributed by atoms with Gasteiger partial charge in [0.2, 0.25) is 0 Å². The molecule has 4 N–H and O–H groups in total. The summed E-state index contributed by atoms with van der Waals surface area (Å²) >= 11 is 0. The minimum absolute atomic E-state index is 0.155. The van der Waals surface area contributed by atoms with Gasteiger partial charge >= 0.3 is 0 Å². The van der Waals surface area contributed by atoms with Gasteiger partial charge in [-0.05, 0) is 37.8 Å². The highest BCUT2D eigenvalue weighted by Gasteiger charge is 2.35. The number of benzene rings is 1. The first-order chi connectivity index (χ1) is 9.13. The Labute approximate surface area is 111 Å². The predicted molar refractivity (Wildman–Crippen MR) is 77.3 cm³/mol. The van der Waals surface area contributed by atoms with Crippen LogP contribution in [0.15, 0.2) is 23.3 Å². The summed E-state index contributed by atoms with van der Waals surface area (Å²) in [5, 5.41) is 4.08. The number of rotatable bonds is 3. The first-order valence-electron chi connectivity index (χ1n) is 6.69. The Morgan fingerprint density at radius 2 is 2.26 bits per heavy atom. The second-order valence-corrected chi connectivity index (χ2v) is 5.30. The van der Waals surface area contributed by atoms with Crippen LogP contribution >= 0.6 is 0 Å². The van der Waals surface area contributed by atoms with Crippen molar-refractivity contribution in [2.75, 3.05) is 11.1 Å². The summed E-state index contributed by atoms with van der Waals surface area (Å²) in [5.74, 6) is 0. The lowest BCUT2D eigenvalue weighted by Gasteiger charge is -2.43. The molecule has 0 amide bonds. The summed E-state index contributed by atoms with van der Waals surface area (Å²) in [4.78, 5) is 18.4. The SMILES string of the molecule is CCC1(Nc2cc3nc[nH]c(=O)c3cc2N)CCC1. The lowest BCUT2D eigenvalue weighted by atomic mass is 9.74. The smallest absolute Gasteiger partial charge is 0.258 e. The van der Waals surface area contributed by atoms with Crippen molar-refractivity contribution in [3.05, 3.63) is 28.8 Å². The van der Waals surface area contributed by atoms with Crippen LogP contribution in [-0.2, 0) is 0 Å². The molecule has 0 aliphatic heterocycles. The zero-order valence-electron chi connectivity index (χ0n) is 11.0. The van der Waals surface area contributed by atoms with E-state index in [1.54, 1.807) is 6.07 Å². The first kappa shape index (κ1) is 12.0. The Morgan fingerprint density at radius 3 is 2.89 bits per heavy atom. The van der Waals surface area contributed by atoms with Gasteiger partial charge in [-0.25, -0.2) is 4.98 Å². The standard InChI is InChI=1S/C14H18N4O/c1-2-14(4-3-5-14)18-12-7-11-9(6-10(12)15)13(19)17-8-16-11/h6-8,18H,2-5,15H2,1H3,(H,16,17,19). The maximum Gasteiger partial charge on any atom is 0.258 e. The number of nitrogens with zero attached hydrogens (tertiary/aromatic N) is 1. The van der Waals surface area contributed by atoms with E-state index in [-0.39, 0.29) is 11.1 Å². The number of aromatic amines is 1. The molecule has 0 unspecified atom stereocenters. The van der Waals surface area contributed by atoms with E-state index in [9.17, 15) is 4.79 Å². The van der Waals surface area contributed by atoms with Gasteiger partial charge in [-0.1, -0.05) is 6.92 Å². The van der Waals surface area contributed by atoms with E-state index in [1.807, 2.05) is 6.07 Å². The van der Waals surface area contributed by atoms with E-state index < -0.39 is 0 Å². The van der Waals surface area contributed by atoms with Crippen molar-refractivity contribution in [2.24, 2.45) is 0 Å². The van der Waals surface area contributed by atoms with Gasteiger partial charge in [0, 0.05) is 5.54 Å². The maximum atomic E-state index is 11.7. The maximum absolute atomic E-state index is 11.7. The zero-order valence-corrected chi connectivity index (χ0v) is 11.0. The topological polar surface area (TPSA) is 83.8 Å². The van der Waals surface area contributed by atoms with Gasteiger partial charge in [-0.2, -0.15) is 0 Å². The molecule has 19 heavy (non-hydrogen) atoms. The third-order valence-corrected chi connectivity index (χ3v) is 4.20. The molecule has 5 heteroatoms. The molecule has 5 nitrogen and oxygen atoms in total. The van der Waals surface area contributed by atoms with E-state index in [2.05, 4.69) is 22.2 Å². The highest BCUT2D eigenvalue weighted by atomic mass is 16.1. The van der Waals surface area contributed by atoms with Crippen molar-refractivity contribution in [3.63, 3.8) is 0 Å². The van der Waals surface area contributed by atoms with Gasteiger partial charge in [0.25, 0.3) is 5.56 Å². The molecule has 0 bridgehead atoms. The summed E-state index contributed by atoms with van der Waals surface area (Å²) in [6, 6.07) is 3.57. The van der Waals surface area contributed by atoms with Crippen molar-refractivity contribution < 1.29 is 0 Å². The Hall–Kier alpha value is -2.04. The Kier molecular flexibility index (Phi) is 2.69. The van der Waals surface area contributed by atoms with Crippen LogP contribution in [0.4, 0.5) is 11.4 Å². The number of H-pyrrole nitrogens is 1. The molecule has 1 saturated carbocycles. The summed E-state index contributed by atoms with van der Waals surface area (Å²) < 4.78 is 0. The highest BCUT2D eigenvalue weighted by molar-refractivity contribution is 5.88. The average Bonchev–Trinajstić information content (AvgIpc) is 2.35. The molecule has 2 aromatic rings. The van der Waals surface area contributed by atoms with E-state index >= 15 is 0 Å². The number of hydrogen-bond acceptors (Lipinski definition) is 4. The summed E-state index contributed by atoms with van der Waals surface area (Å²) in [5.41, 5.74) is 8.22. The van der Waals surface area contributed by atoms with Gasteiger partial charge in [-0.15, -0.1) is 0 Å². The molecule has 100 valence electrons. The molecule has 1 fully saturated rings. The average molecular weight is 258 g/mol. The van der Waals surface area contributed by atoms with Gasteiger partial charge in [0.1, 0.15) is 0 Å². The van der Waals surface area contributed by atoms with Crippen LogP contribution in [0.25, 0.3) is 10.9 Å². The number of aromatic nitrogens is 2. The monoisotopic (exact) mass is 258 g/mol. The number of anilines is 2. The molecule has 3 rings (SSSR count). The molecule has 1 heterocycles. The van der Waals surface area contributed by atoms with Crippen molar-refractivity contribution in [1.82, 2.24) is 9.97 Å². The zero-order chi connectivity index (χ0) is 13.5. The van der Waals surface area contributed by atoms with E-state index in [0.717, 1.165) is 12.1 Å².